The standard InChI is InChI=1S/C18H36N4O2/c1-5-18(6-2)15(14-16(18)24-7-3)21-17(19-4)20-8-9-22-10-12-23-13-11-22/h15-16H,5-14H2,1-4H3,(H2,19,20,21). The summed E-state index contributed by atoms with van der Waals surface area (Å²) in [6.07, 6.45) is 3.72. The highest BCUT2D eigenvalue weighted by Gasteiger charge is 2.53. The number of ether oxygens (including phenoxy) is 2. The number of aliphatic imine (C=N–C) groups is 1. The van der Waals surface area contributed by atoms with E-state index in [0.29, 0.717) is 12.1 Å². The number of nitrogens with zero attached hydrogens (tertiary/aromatic N) is 2. The largest absolute Gasteiger partial charge is 0.379 e. The van der Waals surface area contributed by atoms with E-state index in [1.807, 2.05) is 7.05 Å². The van der Waals surface area contributed by atoms with E-state index in [1.54, 1.807) is 0 Å². The maximum atomic E-state index is 5.96. The number of nitrogens with one attached hydrogen (secondary N) is 2. The van der Waals surface area contributed by atoms with Crippen LogP contribution >= 0.6 is 0 Å². The van der Waals surface area contributed by atoms with Crippen LogP contribution in [0.15, 0.2) is 4.99 Å². The minimum absolute atomic E-state index is 0.234. The van der Waals surface area contributed by atoms with Crippen molar-refractivity contribution in [3.8, 4) is 0 Å². The Labute approximate surface area is 147 Å². The Balaban J connectivity index is 1.79. The van der Waals surface area contributed by atoms with Crippen LogP contribution in [0.1, 0.15) is 40.0 Å². The fourth-order valence-corrected chi connectivity index (χ4v) is 4.10. The molecular formula is C18H36N4O2. The Morgan fingerprint density at radius 2 is 1.96 bits per heavy atom. The van der Waals surface area contributed by atoms with Crippen molar-refractivity contribution in [2.75, 3.05) is 53.0 Å². The molecule has 0 spiro atoms. The van der Waals surface area contributed by atoms with E-state index in [4.69, 9.17) is 9.47 Å². The van der Waals surface area contributed by atoms with Crippen LogP contribution in [0.4, 0.5) is 0 Å². The molecule has 2 aliphatic rings. The van der Waals surface area contributed by atoms with Crippen LogP contribution in [-0.2, 0) is 9.47 Å². The second-order valence-corrected chi connectivity index (χ2v) is 6.77. The highest BCUT2D eigenvalue weighted by atomic mass is 16.5. The second kappa shape index (κ2) is 9.59. The van der Waals surface area contributed by atoms with Gasteiger partial charge in [-0.2, -0.15) is 0 Å². The SMILES string of the molecule is CCOC1CC(NC(=NC)NCCN2CCOCC2)C1(CC)CC. The minimum atomic E-state index is 0.234. The fourth-order valence-electron chi connectivity index (χ4n) is 4.10. The molecule has 0 radical (unpaired) electrons. The zero-order chi connectivity index (χ0) is 17.4. The van der Waals surface area contributed by atoms with Gasteiger partial charge in [0.15, 0.2) is 5.96 Å². The molecule has 1 heterocycles. The highest BCUT2D eigenvalue weighted by molar-refractivity contribution is 5.80. The summed E-state index contributed by atoms with van der Waals surface area (Å²) in [5.41, 5.74) is 0.234. The van der Waals surface area contributed by atoms with Gasteiger partial charge in [-0.15, -0.1) is 0 Å². The lowest BCUT2D eigenvalue weighted by molar-refractivity contribution is -0.133. The van der Waals surface area contributed by atoms with Crippen molar-refractivity contribution < 1.29 is 9.47 Å². The molecule has 1 saturated heterocycles. The molecular weight excluding hydrogens is 304 g/mol. The van der Waals surface area contributed by atoms with Crippen molar-refractivity contribution in [3.63, 3.8) is 0 Å². The second-order valence-electron chi connectivity index (χ2n) is 6.77. The molecule has 140 valence electrons. The summed E-state index contributed by atoms with van der Waals surface area (Å²) in [6, 6.07) is 0.443. The molecule has 2 N–H and O–H groups in total. The third kappa shape index (κ3) is 4.41. The van der Waals surface area contributed by atoms with Crippen molar-refractivity contribution >= 4 is 5.96 Å². The third-order valence-corrected chi connectivity index (χ3v) is 5.83. The molecule has 2 fully saturated rings. The zero-order valence-corrected chi connectivity index (χ0v) is 15.9. The summed E-state index contributed by atoms with van der Waals surface area (Å²) in [5, 5.41) is 7.10. The minimum Gasteiger partial charge on any atom is -0.379 e. The normalized spacial score (nSPS) is 27.6. The average Bonchev–Trinajstić information content (AvgIpc) is 2.61. The van der Waals surface area contributed by atoms with Crippen LogP contribution in [0.3, 0.4) is 0 Å². The van der Waals surface area contributed by atoms with Gasteiger partial charge in [-0.3, -0.25) is 9.89 Å². The topological polar surface area (TPSA) is 58.1 Å². The van der Waals surface area contributed by atoms with Crippen molar-refractivity contribution in [1.29, 1.82) is 0 Å². The molecule has 0 aromatic carbocycles. The van der Waals surface area contributed by atoms with Gasteiger partial charge < -0.3 is 20.1 Å². The number of morpholine rings is 1. The maximum Gasteiger partial charge on any atom is 0.191 e. The molecule has 24 heavy (non-hydrogen) atoms. The number of rotatable bonds is 8. The Bertz CT molecular complexity index is 392. The Morgan fingerprint density at radius 3 is 2.54 bits per heavy atom. The van der Waals surface area contributed by atoms with Gasteiger partial charge in [0.1, 0.15) is 0 Å². The lowest BCUT2D eigenvalue weighted by Crippen LogP contribution is -2.65. The fraction of sp³-hybridized carbons (Fsp3) is 0.944. The van der Waals surface area contributed by atoms with Gasteiger partial charge in [0.2, 0.25) is 0 Å². The first-order chi connectivity index (χ1) is 11.7. The highest BCUT2D eigenvalue weighted by Crippen LogP contribution is 2.48. The molecule has 0 amide bonds. The van der Waals surface area contributed by atoms with Crippen LogP contribution < -0.4 is 10.6 Å². The van der Waals surface area contributed by atoms with E-state index in [1.165, 1.54) is 0 Å². The monoisotopic (exact) mass is 340 g/mol. The molecule has 6 nitrogen and oxygen atoms in total. The van der Waals surface area contributed by atoms with E-state index in [-0.39, 0.29) is 5.41 Å². The quantitative estimate of drug-likeness (QED) is 0.518. The third-order valence-electron chi connectivity index (χ3n) is 5.83. The predicted octanol–water partition coefficient (Wildman–Crippen LogP) is 1.47. The summed E-state index contributed by atoms with van der Waals surface area (Å²) in [4.78, 5) is 6.84. The number of hydrogen-bond acceptors (Lipinski definition) is 4. The summed E-state index contributed by atoms with van der Waals surface area (Å²) in [7, 11) is 1.85. The summed E-state index contributed by atoms with van der Waals surface area (Å²) >= 11 is 0. The Hall–Kier alpha value is -0.850. The first kappa shape index (κ1) is 19.5. The molecule has 2 unspecified atom stereocenters. The van der Waals surface area contributed by atoms with Crippen molar-refractivity contribution in [1.82, 2.24) is 15.5 Å². The Kier molecular flexibility index (Phi) is 7.78. The van der Waals surface area contributed by atoms with Crippen molar-refractivity contribution in [3.05, 3.63) is 0 Å². The van der Waals surface area contributed by atoms with Gasteiger partial charge in [0.25, 0.3) is 0 Å². The van der Waals surface area contributed by atoms with E-state index in [9.17, 15) is 0 Å². The lowest BCUT2D eigenvalue weighted by Gasteiger charge is -2.55. The summed E-state index contributed by atoms with van der Waals surface area (Å²) in [6.45, 7) is 13.1. The number of hydrogen-bond donors (Lipinski definition) is 2. The van der Waals surface area contributed by atoms with Crippen molar-refractivity contribution in [2.45, 2.75) is 52.2 Å². The van der Waals surface area contributed by atoms with Crippen LogP contribution in [-0.4, -0.2) is 76.1 Å². The van der Waals surface area contributed by atoms with Crippen LogP contribution in [0.5, 0.6) is 0 Å². The number of guanidine groups is 1. The first-order valence-electron chi connectivity index (χ1n) is 9.59. The van der Waals surface area contributed by atoms with Crippen LogP contribution in [0, 0.1) is 5.41 Å². The molecule has 0 bridgehead atoms. The lowest BCUT2D eigenvalue weighted by atomic mass is 9.58. The molecule has 6 heteroatoms. The molecule has 0 aromatic heterocycles. The zero-order valence-electron chi connectivity index (χ0n) is 15.9. The maximum absolute atomic E-state index is 5.96. The molecule has 0 aromatic rings. The van der Waals surface area contributed by atoms with E-state index in [2.05, 4.69) is 41.3 Å². The van der Waals surface area contributed by atoms with Gasteiger partial charge in [-0.1, -0.05) is 13.8 Å². The summed E-state index contributed by atoms with van der Waals surface area (Å²) < 4.78 is 11.4. The van der Waals surface area contributed by atoms with Crippen molar-refractivity contribution in [2.24, 2.45) is 10.4 Å². The smallest absolute Gasteiger partial charge is 0.191 e. The van der Waals surface area contributed by atoms with Gasteiger partial charge in [-0.05, 0) is 26.2 Å². The molecule has 2 rings (SSSR count). The van der Waals surface area contributed by atoms with E-state index in [0.717, 1.165) is 71.2 Å². The van der Waals surface area contributed by atoms with Crippen LogP contribution in [0.2, 0.25) is 0 Å². The van der Waals surface area contributed by atoms with E-state index < -0.39 is 0 Å². The van der Waals surface area contributed by atoms with Gasteiger partial charge in [-0.25, -0.2) is 0 Å². The Morgan fingerprint density at radius 1 is 1.25 bits per heavy atom. The summed E-state index contributed by atoms with van der Waals surface area (Å²) in [5.74, 6) is 0.912. The first-order valence-corrected chi connectivity index (χ1v) is 9.59. The van der Waals surface area contributed by atoms with E-state index >= 15 is 0 Å². The van der Waals surface area contributed by atoms with Gasteiger partial charge in [0, 0.05) is 51.3 Å². The molecule has 2 atom stereocenters. The average molecular weight is 341 g/mol. The van der Waals surface area contributed by atoms with Gasteiger partial charge in [0.05, 0.1) is 19.3 Å². The molecule has 1 aliphatic carbocycles. The van der Waals surface area contributed by atoms with Gasteiger partial charge >= 0.3 is 0 Å². The molecule has 1 aliphatic heterocycles. The van der Waals surface area contributed by atoms with Crippen LogP contribution in [0.25, 0.3) is 0 Å². The molecule has 1 saturated carbocycles. The predicted molar refractivity (Wildman–Crippen MR) is 98.6 cm³/mol.